The van der Waals surface area contributed by atoms with Crippen LogP contribution in [0.25, 0.3) is 44.2 Å². The highest BCUT2D eigenvalue weighted by molar-refractivity contribution is 5.89. The van der Waals surface area contributed by atoms with Gasteiger partial charge in [0.15, 0.2) is 0 Å². The van der Waals surface area contributed by atoms with E-state index in [1.165, 1.54) is 36.4 Å². The molecule has 5 rings (SSSR count). The van der Waals surface area contributed by atoms with Gasteiger partial charge < -0.3 is 0 Å². The molecule has 0 heterocycles. The van der Waals surface area contributed by atoms with Crippen LogP contribution < -0.4 is 0 Å². The van der Waals surface area contributed by atoms with Crippen LogP contribution >= 0.6 is 0 Å². The topological polar surface area (TPSA) is 0 Å². The number of hydrogen-bond donors (Lipinski definition) is 0. The summed E-state index contributed by atoms with van der Waals surface area (Å²) < 4.78 is 97.2. The Hall–Kier alpha value is -4.39. The summed E-state index contributed by atoms with van der Waals surface area (Å²) in [6, 6.07) is 20.3. The average Bonchev–Trinajstić information content (AvgIpc) is 2.91. The van der Waals surface area contributed by atoms with Crippen LogP contribution in [0.1, 0.15) is 17.5 Å². The summed E-state index contributed by atoms with van der Waals surface area (Å²) in [4.78, 5) is 0. The third kappa shape index (κ3) is 5.24. The first-order chi connectivity index (χ1) is 19.1. The van der Waals surface area contributed by atoms with Crippen molar-refractivity contribution in [2.24, 2.45) is 0 Å². The number of fused-ring (bicyclic) bond motifs is 1. The third-order valence-electron chi connectivity index (χ3n) is 6.79. The predicted molar refractivity (Wildman–Crippen MR) is 144 cm³/mol. The van der Waals surface area contributed by atoms with Gasteiger partial charge in [0.2, 0.25) is 0 Å². The Morgan fingerprint density at radius 2 is 1.20 bits per heavy atom. The fraction of sp³-hybridized carbons (Fsp3) is 0.0909. The van der Waals surface area contributed by atoms with Crippen molar-refractivity contribution in [3.8, 4) is 33.4 Å². The molecule has 0 aliphatic heterocycles. The lowest BCUT2D eigenvalue weighted by Crippen LogP contribution is -2.11. The summed E-state index contributed by atoms with van der Waals surface area (Å²) >= 11 is 0. The van der Waals surface area contributed by atoms with E-state index in [4.69, 9.17) is 0 Å². The molecule has 0 N–H and O–H groups in total. The Morgan fingerprint density at radius 3 is 1.82 bits per heavy atom. The van der Waals surface area contributed by atoms with Gasteiger partial charge in [-0.2, -0.15) is 13.2 Å². The van der Waals surface area contributed by atoms with E-state index < -0.39 is 35.0 Å². The SMILES string of the molecule is C=CCCc1ccc2c(F)c(-c3ccc(-c4ccc(-c5cc(F)c(C(F)(F)F)c(F)c5)cc4)c(F)c3)ccc2c1. The van der Waals surface area contributed by atoms with Gasteiger partial charge >= 0.3 is 6.18 Å². The molecule has 5 aromatic rings. The lowest BCUT2D eigenvalue weighted by molar-refractivity contribution is -0.142. The third-order valence-corrected chi connectivity index (χ3v) is 6.79. The van der Waals surface area contributed by atoms with Gasteiger partial charge in [0, 0.05) is 16.5 Å². The molecule has 40 heavy (non-hydrogen) atoms. The maximum Gasteiger partial charge on any atom is 0.422 e. The Kier molecular flexibility index (Phi) is 7.23. The van der Waals surface area contributed by atoms with Gasteiger partial charge in [-0.1, -0.05) is 72.8 Å². The molecule has 0 fully saturated rings. The van der Waals surface area contributed by atoms with E-state index in [0.29, 0.717) is 28.6 Å². The summed E-state index contributed by atoms with van der Waals surface area (Å²) in [6.45, 7) is 3.71. The molecule has 0 bridgehead atoms. The summed E-state index contributed by atoms with van der Waals surface area (Å²) in [7, 11) is 0. The van der Waals surface area contributed by atoms with Gasteiger partial charge in [-0.15, -0.1) is 6.58 Å². The van der Waals surface area contributed by atoms with Crippen molar-refractivity contribution in [3.63, 3.8) is 0 Å². The Balaban J connectivity index is 1.43. The van der Waals surface area contributed by atoms with Gasteiger partial charge in [0.25, 0.3) is 0 Å². The highest BCUT2D eigenvalue weighted by Crippen LogP contribution is 2.37. The Morgan fingerprint density at radius 1 is 0.600 bits per heavy atom. The molecule has 0 unspecified atom stereocenters. The molecule has 0 nitrogen and oxygen atoms in total. The van der Waals surface area contributed by atoms with Crippen molar-refractivity contribution in [2.45, 2.75) is 19.0 Å². The molecule has 0 saturated heterocycles. The number of alkyl halides is 3. The Bertz CT molecular complexity index is 1710. The molecule has 0 aliphatic carbocycles. The molecule has 0 aliphatic rings. The zero-order valence-corrected chi connectivity index (χ0v) is 20.9. The van der Waals surface area contributed by atoms with Gasteiger partial charge in [0.05, 0.1) is 0 Å². The highest BCUT2D eigenvalue weighted by atomic mass is 19.4. The number of allylic oxidation sites excluding steroid dienone is 1. The first kappa shape index (κ1) is 27.2. The minimum Gasteiger partial charge on any atom is -0.206 e. The molecular formula is C33H21F7. The van der Waals surface area contributed by atoms with Crippen LogP contribution in [0.15, 0.2) is 97.6 Å². The summed E-state index contributed by atoms with van der Waals surface area (Å²) in [5.74, 6) is -4.51. The molecule has 0 saturated carbocycles. The van der Waals surface area contributed by atoms with Crippen molar-refractivity contribution < 1.29 is 30.7 Å². The van der Waals surface area contributed by atoms with E-state index in [0.717, 1.165) is 23.8 Å². The van der Waals surface area contributed by atoms with Gasteiger partial charge in [-0.25, -0.2) is 17.6 Å². The molecule has 0 aromatic heterocycles. The second kappa shape index (κ2) is 10.6. The smallest absolute Gasteiger partial charge is 0.206 e. The van der Waals surface area contributed by atoms with Crippen molar-refractivity contribution in [2.75, 3.05) is 0 Å². The van der Waals surface area contributed by atoms with E-state index in [1.54, 1.807) is 24.3 Å². The predicted octanol–water partition coefficient (Wildman–Crippen LogP) is 10.5. The first-order valence-electron chi connectivity index (χ1n) is 12.4. The van der Waals surface area contributed by atoms with E-state index >= 15 is 8.78 Å². The van der Waals surface area contributed by atoms with Crippen molar-refractivity contribution >= 4 is 10.8 Å². The van der Waals surface area contributed by atoms with Crippen LogP contribution in [0.4, 0.5) is 30.7 Å². The normalized spacial score (nSPS) is 11.7. The fourth-order valence-corrected chi connectivity index (χ4v) is 4.76. The maximum absolute atomic E-state index is 15.4. The van der Waals surface area contributed by atoms with Gasteiger partial charge in [-0.3, -0.25) is 0 Å². The molecular weight excluding hydrogens is 529 g/mol. The number of aryl methyl sites for hydroxylation is 1. The van der Waals surface area contributed by atoms with E-state index in [-0.39, 0.29) is 22.3 Å². The van der Waals surface area contributed by atoms with Crippen LogP contribution in [-0.4, -0.2) is 0 Å². The largest absolute Gasteiger partial charge is 0.422 e. The lowest BCUT2D eigenvalue weighted by Gasteiger charge is -2.12. The monoisotopic (exact) mass is 550 g/mol. The van der Waals surface area contributed by atoms with Crippen LogP contribution in [0, 0.1) is 23.3 Å². The molecule has 0 amide bonds. The minimum atomic E-state index is -5.16. The van der Waals surface area contributed by atoms with Crippen molar-refractivity contribution in [1.82, 2.24) is 0 Å². The van der Waals surface area contributed by atoms with Crippen molar-refractivity contribution in [3.05, 3.63) is 132 Å². The molecule has 7 heteroatoms. The summed E-state index contributed by atoms with van der Waals surface area (Å²) in [5.41, 5.74) is 0.492. The molecule has 0 radical (unpaired) electrons. The van der Waals surface area contributed by atoms with Crippen LogP contribution in [0.2, 0.25) is 0 Å². The van der Waals surface area contributed by atoms with E-state index in [9.17, 15) is 22.0 Å². The minimum absolute atomic E-state index is 0.0926. The van der Waals surface area contributed by atoms with Crippen molar-refractivity contribution in [1.29, 1.82) is 0 Å². The molecule has 0 atom stereocenters. The number of halogens is 7. The van der Waals surface area contributed by atoms with Crippen LogP contribution in [-0.2, 0) is 12.6 Å². The second-order valence-electron chi connectivity index (χ2n) is 9.39. The van der Waals surface area contributed by atoms with E-state index in [2.05, 4.69) is 6.58 Å². The summed E-state index contributed by atoms with van der Waals surface area (Å²) in [5, 5.41) is 1.17. The Labute approximate surface area is 226 Å². The number of benzene rings is 5. The standard InChI is InChI=1S/C33H21F7/c1-2-3-4-19-5-12-26-22(15-19)11-14-27(32(26)37)23-10-13-25(28(34)16-23)21-8-6-20(7-9-21)24-17-29(35)31(30(36)18-24)33(38,39)40/h2,5-18H,1,3-4H2. The fourth-order valence-electron chi connectivity index (χ4n) is 4.76. The maximum atomic E-state index is 15.4. The van der Waals surface area contributed by atoms with Crippen LogP contribution in [0.5, 0.6) is 0 Å². The first-order valence-corrected chi connectivity index (χ1v) is 12.4. The zero-order chi connectivity index (χ0) is 28.6. The number of hydrogen-bond acceptors (Lipinski definition) is 0. The summed E-state index contributed by atoms with van der Waals surface area (Å²) in [6.07, 6.45) is -1.73. The number of rotatable bonds is 6. The lowest BCUT2D eigenvalue weighted by atomic mass is 9.95. The quantitative estimate of drug-likeness (QED) is 0.146. The van der Waals surface area contributed by atoms with Gasteiger partial charge in [0.1, 0.15) is 28.8 Å². The second-order valence-corrected chi connectivity index (χ2v) is 9.39. The average molecular weight is 551 g/mol. The van der Waals surface area contributed by atoms with E-state index in [1.807, 2.05) is 18.2 Å². The molecule has 0 spiro atoms. The molecule has 5 aromatic carbocycles. The molecule has 202 valence electrons. The highest BCUT2D eigenvalue weighted by Gasteiger charge is 2.38. The van der Waals surface area contributed by atoms with Gasteiger partial charge in [-0.05, 0) is 64.2 Å². The van der Waals surface area contributed by atoms with Crippen LogP contribution in [0.3, 0.4) is 0 Å². The zero-order valence-electron chi connectivity index (χ0n) is 20.9.